The normalized spacial score (nSPS) is 12.4. The molecule has 1 atom stereocenters. The molecule has 2 aromatic heterocycles. The van der Waals surface area contributed by atoms with Crippen LogP contribution in [0.15, 0.2) is 21.9 Å². The van der Waals surface area contributed by atoms with Gasteiger partial charge in [-0.15, -0.1) is 0 Å². The minimum Gasteiger partial charge on any atom is -0.328 e. The number of hydrogen-bond acceptors (Lipinski definition) is 5. The first kappa shape index (κ1) is 15.9. The van der Waals surface area contributed by atoms with E-state index >= 15 is 0 Å². The number of rotatable bonds is 4. The van der Waals surface area contributed by atoms with Gasteiger partial charge in [-0.2, -0.15) is 0 Å². The summed E-state index contributed by atoms with van der Waals surface area (Å²) in [5.74, 6) is -0.194. The van der Waals surface area contributed by atoms with E-state index < -0.39 is 11.2 Å². The molecule has 2 rings (SSSR count). The van der Waals surface area contributed by atoms with Gasteiger partial charge in [0, 0.05) is 26.6 Å². The molecule has 0 aliphatic rings. The van der Waals surface area contributed by atoms with Gasteiger partial charge in [0.1, 0.15) is 5.65 Å². The zero-order valence-corrected chi connectivity index (χ0v) is 12.8. The Balaban J connectivity index is 2.37. The number of carbonyl (C=O) groups excluding carboxylic acids is 1. The molecule has 0 radical (unpaired) electrons. The Hall–Kier alpha value is -2.48. The number of fused-ring (bicyclic) bond motifs is 1. The zero-order chi connectivity index (χ0) is 16.4. The molecule has 8 nitrogen and oxygen atoms in total. The molecular formula is C14H19N5O3. The molecule has 1 unspecified atom stereocenters. The molecule has 0 aromatic carbocycles. The zero-order valence-electron chi connectivity index (χ0n) is 12.8. The standard InChI is InChI=1S/C14H19N5O3/c1-8(15)4-5-11(20)17-9-6-10-12(16-7-9)18(2)14(22)19(3)13(10)21/h6-8H,4-5,15H2,1-3H3,(H,17,20). The summed E-state index contributed by atoms with van der Waals surface area (Å²) in [6, 6.07) is 1.47. The van der Waals surface area contributed by atoms with Crippen molar-refractivity contribution in [2.24, 2.45) is 19.8 Å². The molecule has 0 spiro atoms. The maximum absolute atomic E-state index is 12.1. The van der Waals surface area contributed by atoms with Crippen LogP contribution >= 0.6 is 0 Å². The number of anilines is 1. The van der Waals surface area contributed by atoms with E-state index in [-0.39, 0.29) is 23.0 Å². The second kappa shape index (κ2) is 6.10. The summed E-state index contributed by atoms with van der Waals surface area (Å²) in [6.45, 7) is 1.83. The highest BCUT2D eigenvalue weighted by Gasteiger charge is 2.11. The lowest BCUT2D eigenvalue weighted by molar-refractivity contribution is -0.116. The second-order valence-corrected chi connectivity index (χ2v) is 5.37. The van der Waals surface area contributed by atoms with E-state index in [1.54, 1.807) is 0 Å². The Morgan fingerprint density at radius 2 is 2.05 bits per heavy atom. The molecule has 0 saturated carbocycles. The van der Waals surface area contributed by atoms with Crippen LogP contribution in [-0.2, 0) is 18.9 Å². The van der Waals surface area contributed by atoms with Crippen LogP contribution in [0, 0.1) is 0 Å². The molecule has 0 bridgehead atoms. The van der Waals surface area contributed by atoms with Gasteiger partial charge in [0.05, 0.1) is 17.3 Å². The molecular weight excluding hydrogens is 286 g/mol. The topological polar surface area (TPSA) is 112 Å². The van der Waals surface area contributed by atoms with E-state index in [1.165, 1.54) is 30.9 Å². The third kappa shape index (κ3) is 3.06. The summed E-state index contributed by atoms with van der Waals surface area (Å²) < 4.78 is 2.30. The van der Waals surface area contributed by atoms with Crippen LogP contribution in [0.25, 0.3) is 11.0 Å². The van der Waals surface area contributed by atoms with Gasteiger partial charge in [-0.1, -0.05) is 0 Å². The average molecular weight is 305 g/mol. The average Bonchev–Trinajstić information content (AvgIpc) is 2.48. The summed E-state index contributed by atoms with van der Waals surface area (Å²) in [5, 5.41) is 2.95. The minimum atomic E-state index is -0.447. The van der Waals surface area contributed by atoms with Gasteiger partial charge in [0.15, 0.2) is 0 Å². The van der Waals surface area contributed by atoms with Crippen molar-refractivity contribution < 1.29 is 4.79 Å². The van der Waals surface area contributed by atoms with E-state index in [0.717, 1.165) is 4.57 Å². The lowest BCUT2D eigenvalue weighted by Gasteiger charge is -2.09. The Morgan fingerprint density at radius 3 is 2.68 bits per heavy atom. The predicted molar refractivity (Wildman–Crippen MR) is 83.7 cm³/mol. The first-order chi connectivity index (χ1) is 10.3. The third-order valence-electron chi connectivity index (χ3n) is 3.40. The van der Waals surface area contributed by atoms with Crippen molar-refractivity contribution in [3.05, 3.63) is 33.1 Å². The molecule has 2 aromatic rings. The fraction of sp³-hybridized carbons (Fsp3) is 0.429. The van der Waals surface area contributed by atoms with Gasteiger partial charge >= 0.3 is 5.69 Å². The van der Waals surface area contributed by atoms with Crippen molar-refractivity contribution in [2.75, 3.05) is 5.32 Å². The molecule has 3 N–H and O–H groups in total. The molecule has 0 fully saturated rings. The van der Waals surface area contributed by atoms with E-state index in [1.807, 2.05) is 6.92 Å². The van der Waals surface area contributed by atoms with Crippen molar-refractivity contribution in [1.82, 2.24) is 14.1 Å². The second-order valence-electron chi connectivity index (χ2n) is 5.37. The first-order valence-corrected chi connectivity index (χ1v) is 6.92. The van der Waals surface area contributed by atoms with Crippen molar-refractivity contribution >= 4 is 22.6 Å². The number of pyridine rings is 1. The van der Waals surface area contributed by atoms with E-state index in [9.17, 15) is 14.4 Å². The lowest BCUT2D eigenvalue weighted by Crippen LogP contribution is -2.37. The molecule has 8 heteroatoms. The monoisotopic (exact) mass is 305 g/mol. The molecule has 0 aliphatic heterocycles. The third-order valence-corrected chi connectivity index (χ3v) is 3.40. The Labute approximate surface area is 126 Å². The molecule has 0 aliphatic carbocycles. The van der Waals surface area contributed by atoms with E-state index in [2.05, 4.69) is 10.3 Å². The molecule has 0 saturated heterocycles. The molecule has 2 heterocycles. The summed E-state index contributed by atoms with van der Waals surface area (Å²) >= 11 is 0. The van der Waals surface area contributed by atoms with Crippen LogP contribution < -0.4 is 22.3 Å². The van der Waals surface area contributed by atoms with Crippen LogP contribution in [0.4, 0.5) is 5.69 Å². The smallest absolute Gasteiger partial charge is 0.328 e. The Morgan fingerprint density at radius 1 is 1.36 bits per heavy atom. The molecule has 22 heavy (non-hydrogen) atoms. The largest absolute Gasteiger partial charge is 0.332 e. The van der Waals surface area contributed by atoms with Crippen molar-refractivity contribution in [3.63, 3.8) is 0 Å². The van der Waals surface area contributed by atoms with Crippen LogP contribution in [0.2, 0.25) is 0 Å². The van der Waals surface area contributed by atoms with Gasteiger partial charge in [-0.05, 0) is 19.4 Å². The van der Waals surface area contributed by atoms with Crippen molar-refractivity contribution in [1.29, 1.82) is 0 Å². The summed E-state index contributed by atoms with van der Waals surface area (Å²) in [7, 11) is 2.94. The van der Waals surface area contributed by atoms with Gasteiger partial charge in [0.2, 0.25) is 5.91 Å². The van der Waals surface area contributed by atoms with Gasteiger partial charge < -0.3 is 11.1 Å². The van der Waals surface area contributed by atoms with E-state index in [4.69, 9.17) is 5.73 Å². The number of aromatic nitrogens is 3. The van der Waals surface area contributed by atoms with Crippen LogP contribution in [0.3, 0.4) is 0 Å². The molecule has 1 amide bonds. The van der Waals surface area contributed by atoms with Crippen LogP contribution in [0.5, 0.6) is 0 Å². The molecule has 118 valence electrons. The van der Waals surface area contributed by atoms with Crippen molar-refractivity contribution in [2.45, 2.75) is 25.8 Å². The summed E-state index contributed by atoms with van der Waals surface area (Å²) in [4.78, 5) is 39.8. The van der Waals surface area contributed by atoms with Gasteiger partial charge in [-0.25, -0.2) is 9.78 Å². The fourth-order valence-electron chi connectivity index (χ4n) is 2.12. The quantitative estimate of drug-likeness (QED) is 0.805. The Kier molecular flexibility index (Phi) is 4.41. The van der Waals surface area contributed by atoms with Crippen LogP contribution in [0.1, 0.15) is 19.8 Å². The summed E-state index contributed by atoms with van der Waals surface area (Å²) in [5.41, 5.74) is 5.41. The number of nitrogens with one attached hydrogen (secondary N) is 1. The highest BCUT2D eigenvalue weighted by atomic mass is 16.2. The first-order valence-electron chi connectivity index (χ1n) is 6.92. The summed E-state index contributed by atoms with van der Waals surface area (Å²) in [6.07, 6.45) is 2.29. The number of carbonyl (C=O) groups is 1. The fourth-order valence-corrected chi connectivity index (χ4v) is 2.12. The number of aryl methyl sites for hydroxylation is 1. The van der Waals surface area contributed by atoms with Gasteiger partial charge in [-0.3, -0.25) is 18.7 Å². The number of hydrogen-bond donors (Lipinski definition) is 2. The Bertz CT molecular complexity index is 835. The van der Waals surface area contributed by atoms with E-state index in [0.29, 0.717) is 18.5 Å². The highest BCUT2D eigenvalue weighted by molar-refractivity contribution is 5.92. The highest BCUT2D eigenvalue weighted by Crippen LogP contribution is 2.12. The predicted octanol–water partition coefficient (Wildman–Crippen LogP) is -0.302. The maximum Gasteiger partial charge on any atom is 0.332 e. The number of amides is 1. The number of nitrogens with zero attached hydrogens (tertiary/aromatic N) is 3. The lowest BCUT2D eigenvalue weighted by atomic mass is 10.2. The van der Waals surface area contributed by atoms with Gasteiger partial charge in [0.25, 0.3) is 5.56 Å². The number of nitrogens with two attached hydrogens (primary N) is 1. The van der Waals surface area contributed by atoms with Crippen LogP contribution in [-0.4, -0.2) is 26.1 Å². The van der Waals surface area contributed by atoms with Crippen molar-refractivity contribution in [3.8, 4) is 0 Å². The SMILES string of the molecule is CC(N)CCC(=O)Nc1cnc2c(c1)c(=O)n(C)c(=O)n2C. The minimum absolute atomic E-state index is 0.0534. The maximum atomic E-state index is 12.1.